The summed E-state index contributed by atoms with van der Waals surface area (Å²) in [6.07, 6.45) is 1.67. The van der Waals surface area contributed by atoms with Gasteiger partial charge in [0.15, 0.2) is 5.82 Å². The number of anilines is 1. The number of hydrogen-bond donors (Lipinski definition) is 0. The largest absolute Gasteiger partial charge is 0.444 e. The van der Waals surface area contributed by atoms with Gasteiger partial charge >= 0.3 is 6.09 Å². The number of nitro groups is 1. The van der Waals surface area contributed by atoms with Crippen molar-refractivity contribution in [1.82, 2.24) is 9.80 Å². The number of carbonyl (C=O) groups is 1. The summed E-state index contributed by atoms with van der Waals surface area (Å²) in [7, 11) is 0. The molecule has 0 N–H and O–H groups in total. The lowest BCUT2D eigenvalue weighted by molar-refractivity contribution is -0.385. The second-order valence-corrected chi connectivity index (χ2v) is 9.09. The van der Waals surface area contributed by atoms with Crippen molar-refractivity contribution < 1.29 is 18.8 Å². The third-order valence-electron chi connectivity index (χ3n) is 5.64. The second kappa shape index (κ2) is 9.16. The van der Waals surface area contributed by atoms with Crippen LogP contribution in [-0.4, -0.2) is 72.2 Å². The number of nitrogens with zero attached hydrogens (tertiary/aromatic N) is 4. The van der Waals surface area contributed by atoms with Crippen LogP contribution in [0.3, 0.4) is 0 Å². The van der Waals surface area contributed by atoms with Crippen molar-refractivity contribution in [3.8, 4) is 0 Å². The highest BCUT2D eigenvalue weighted by Crippen LogP contribution is 2.26. The molecule has 0 radical (unpaired) electrons. The molecule has 0 bridgehead atoms. The van der Waals surface area contributed by atoms with Crippen molar-refractivity contribution in [3.63, 3.8) is 0 Å². The van der Waals surface area contributed by atoms with Crippen LogP contribution < -0.4 is 4.90 Å². The van der Waals surface area contributed by atoms with Crippen LogP contribution in [0.15, 0.2) is 18.2 Å². The number of carbonyl (C=O) groups excluding carboxylic acids is 1. The summed E-state index contributed by atoms with van der Waals surface area (Å²) >= 11 is 0. The van der Waals surface area contributed by atoms with E-state index in [0.29, 0.717) is 37.8 Å². The molecular weight excluding hydrogens is 391 g/mol. The van der Waals surface area contributed by atoms with Crippen LogP contribution in [0.4, 0.5) is 20.6 Å². The van der Waals surface area contributed by atoms with Crippen LogP contribution in [-0.2, 0) is 4.74 Å². The van der Waals surface area contributed by atoms with Crippen LogP contribution in [0.1, 0.15) is 33.6 Å². The first kappa shape index (κ1) is 22.3. The van der Waals surface area contributed by atoms with Gasteiger partial charge in [0.05, 0.1) is 16.7 Å². The number of piperidine rings is 1. The van der Waals surface area contributed by atoms with E-state index in [1.165, 1.54) is 12.1 Å². The fraction of sp³-hybridized carbons (Fsp3) is 0.667. The number of piperazine rings is 1. The molecule has 2 aliphatic rings. The van der Waals surface area contributed by atoms with Gasteiger partial charge in [-0.05, 0) is 45.6 Å². The molecule has 166 valence electrons. The third kappa shape index (κ3) is 5.81. The minimum absolute atomic E-state index is 0.229. The van der Waals surface area contributed by atoms with Crippen LogP contribution in [0.5, 0.6) is 0 Å². The zero-order valence-electron chi connectivity index (χ0n) is 18.0. The molecule has 0 spiro atoms. The highest BCUT2D eigenvalue weighted by atomic mass is 19.1. The number of ether oxygens (including phenoxy) is 1. The Hall–Kier alpha value is -2.42. The predicted molar refractivity (Wildman–Crippen MR) is 112 cm³/mol. The van der Waals surface area contributed by atoms with Crippen LogP contribution in [0.2, 0.25) is 0 Å². The summed E-state index contributed by atoms with van der Waals surface area (Å²) in [4.78, 5) is 28.5. The number of rotatable bonds is 4. The van der Waals surface area contributed by atoms with Crippen molar-refractivity contribution in [3.05, 3.63) is 34.1 Å². The van der Waals surface area contributed by atoms with Gasteiger partial charge in [-0.1, -0.05) is 0 Å². The van der Waals surface area contributed by atoms with Gasteiger partial charge in [0.2, 0.25) is 0 Å². The zero-order valence-corrected chi connectivity index (χ0v) is 18.0. The minimum Gasteiger partial charge on any atom is -0.444 e. The summed E-state index contributed by atoms with van der Waals surface area (Å²) in [5.74, 6) is -0.0153. The van der Waals surface area contributed by atoms with Gasteiger partial charge in [0, 0.05) is 51.9 Å². The van der Waals surface area contributed by atoms with Gasteiger partial charge in [0.1, 0.15) is 5.60 Å². The molecule has 3 rings (SSSR count). The average molecular weight is 423 g/mol. The SMILES string of the molecule is CC(C)(C)OC(=O)N1CCC(CN2CCN(c3ccc([N+](=O)[O-])cc3F)CC2)CC1. The van der Waals surface area contributed by atoms with E-state index in [0.717, 1.165) is 38.5 Å². The molecule has 1 amide bonds. The molecule has 1 aromatic rings. The van der Waals surface area contributed by atoms with Crippen molar-refractivity contribution >= 4 is 17.5 Å². The van der Waals surface area contributed by atoms with E-state index in [4.69, 9.17) is 4.74 Å². The predicted octanol–water partition coefficient (Wildman–Crippen LogP) is 3.50. The number of halogens is 1. The van der Waals surface area contributed by atoms with Crippen LogP contribution >= 0.6 is 0 Å². The highest BCUT2D eigenvalue weighted by Gasteiger charge is 2.29. The smallest absolute Gasteiger partial charge is 0.410 e. The van der Waals surface area contributed by atoms with Crippen molar-refractivity contribution in [2.45, 2.75) is 39.2 Å². The van der Waals surface area contributed by atoms with Gasteiger partial charge in [-0.2, -0.15) is 0 Å². The van der Waals surface area contributed by atoms with Gasteiger partial charge in [0.25, 0.3) is 5.69 Å². The minimum atomic E-state index is -0.584. The summed E-state index contributed by atoms with van der Waals surface area (Å²) in [6, 6.07) is 3.83. The average Bonchev–Trinajstić information content (AvgIpc) is 2.68. The molecule has 2 aliphatic heterocycles. The van der Waals surface area contributed by atoms with E-state index in [1.807, 2.05) is 25.7 Å². The molecule has 9 heteroatoms. The third-order valence-corrected chi connectivity index (χ3v) is 5.64. The fourth-order valence-electron chi connectivity index (χ4n) is 4.03. The summed E-state index contributed by atoms with van der Waals surface area (Å²) in [6.45, 7) is 11.0. The zero-order chi connectivity index (χ0) is 21.9. The molecule has 0 atom stereocenters. The Morgan fingerprint density at radius 1 is 1.17 bits per heavy atom. The van der Waals surface area contributed by atoms with Crippen molar-refractivity contribution in [2.75, 3.05) is 50.7 Å². The lowest BCUT2D eigenvalue weighted by Gasteiger charge is -2.39. The Balaban J connectivity index is 1.44. The highest BCUT2D eigenvalue weighted by molar-refractivity contribution is 5.68. The van der Waals surface area contributed by atoms with Crippen molar-refractivity contribution in [2.24, 2.45) is 5.92 Å². The van der Waals surface area contributed by atoms with E-state index in [1.54, 1.807) is 4.90 Å². The molecule has 2 heterocycles. The quantitative estimate of drug-likeness (QED) is 0.546. The first-order chi connectivity index (χ1) is 14.1. The number of likely N-dealkylation sites (tertiary alicyclic amines) is 1. The molecule has 0 aromatic heterocycles. The lowest BCUT2D eigenvalue weighted by Crippen LogP contribution is -2.49. The van der Waals surface area contributed by atoms with Gasteiger partial charge in [-0.3, -0.25) is 15.0 Å². The monoisotopic (exact) mass is 422 g/mol. The number of amides is 1. The molecule has 0 unspecified atom stereocenters. The second-order valence-electron chi connectivity index (χ2n) is 9.09. The van der Waals surface area contributed by atoms with Gasteiger partial charge in [-0.15, -0.1) is 0 Å². The van der Waals surface area contributed by atoms with Crippen molar-refractivity contribution in [1.29, 1.82) is 0 Å². The first-order valence-electron chi connectivity index (χ1n) is 10.5. The van der Waals surface area contributed by atoms with Gasteiger partial charge < -0.3 is 14.5 Å². The van der Waals surface area contributed by atoms with E-state index >= 15 is 0 Å². The molecule has 2 fully saturated rings. The van der Waals surface area contributed by atoms with E-state index < -0.39 is 16.3 Å². The Labute approximate surface area is 176 Å². The standard InChI is InChI=1S/C21H31FN4O4/c1-21(2,3)30-20(27)25-8-6-16(7-9-25)15-23-10-12-24(13-11-23)19-5-4-17(26(28)29)14-18(19)22/h4-5,14,16H,6-13,15H2,1-3H3. The number of non-ortho nitro benzene ring substituents is 1. The maximum Gasteiger partial charge on any atom is 0.410 e. The maximum absolute atomic E-state index is 14.3. The van der Waals surface area contributed by atoms with E-state index in [-0.39, 0.29) is 11.8 Å². The molecule has 0 aliphatic carbocycles. The number of hydrogen-bond acceptors (Lipinski definition) is 6. The summed E-state index contributed by atoms with van der Waals surface area (Å²) in [5, 5.41) is 10.8. The Morgan fingerprint density at radius 2 is 1.80 bits per heavy atom. The first-order valence-corrected chi connectivity index (χ1v) is 10.5. The molecule has 1 aromatic carbocycles. The molecule has 8 nitrogen and oxygen atoms in total. The van der Waals surface area contributed by atoms with E-state index in [9.17, 15) is 19.3 Å². The fourth-order valence-corrected chi connectivity index (χ4v) is 4.03. The molecule has 0 saturated carbocycles. The summed E-state index contributed by atoms with van der Waals surface area (Å²) in [5.41, 5.74) is -0.282. The van der Waals surface area contributed by atoms with Gasteiger partial charge in [-0.25, -0.2) is 9.18 Å². The topological polar surface area (TPSA) is 79.2 Å². The maximum atomic E-state index is 14.3. The van der Waals surface area contributed by atoms with Crippen LogP contribution in [0, 0.1) is 21.8 Å². The Morgan fingerprint density at radius 3 is 2.33 bits per heavy atom. The normalized spacial score (nSPS) is 19.1. The van der Waals surface area contributed by atoms with Crippen LogP contribution in [0.25, 0.3) is 0 Å². The summed E-state index contributed by atoms with van der Waals surface area (Å²) < 4.78 is 19.7. The molecule has 30 heavy (non-hydrogen) atoms. The molecule has 2 saturated heterocycles. The van der Waals surface area contributed by atoms with E-state index in [2.05, 4.69) is 4.90 Å². The molecular formula is C21H31FN4O4. The Bertz CT molecular complexity index is 767. The lowest BCUT2D eigenvalue weighted by atomic mass is 9.96. The number of nitro benzene ring substituents is 1. The number of benzene rings is 1. The Kier molecular flexibility index (Phi) is 6.80.